The van der Waals surface area contributed by atoms with E-state index >= 15 is 0 Å². The zero-order valence-electron chi connectivity index (χ0n) is 12.6. The number of amides is 1. The van der Waals surface area contributed by atoms with Crippen molar-refractivity contribution < 1.29 is 30.0 Å². The van der Waals surface area contributed by atoms with Crippen molar-refractivity contribution in [2.45, 2.75) is 6.92 Å². The lowest BCUT2D eigenvalue weighted by Crippen LogP contribution is -2.13. The summed E-state index contributed by atoms with van der Waals surface area (Å²) in [5.74, 6) is -2.67. The van der Waals surface area contributed by atoms with Crippen molar-refractivity contribution in [2.24, 2.45) is 0 Å². The normalized spacial score (nSPS) is 10.7. The van der Waals surface area contributed by atoms with Gasteiger partial charge in [0.1, 0.15) is 5.75 Å². The maximum Gasteiger partial charge on any atom is 0.337 e. The second-order valence-electron chi connectivity index (χ2n) is 5.06. The SMILES string of the molecule is Cc1cc(O)cc(C(=O)O)c1NC(=O)/C=C/c1ccc(O)c(O)c1. The number of carboxylic acid groups (broad SMARTS) is 1. The lowest BCUT2D eigenvalue weighted by atomic mass is 10.1. The minimum atomic E-state index is -1.28. The van der Waals surface area contributed by atoms with E-state index in [9.17, 15) is 24.9 Å². The number of aryl methyl sites for hydroxylation is 1. The molecule has 0 bridgehead atoms. The van der Waals surface area contributed by atoms with Gasteiger partial charge in [0, 0.05) is 6.08 Å². The van der Waals surface area contributed by atoms with E-state index in [1.165, 1.54) is 30.3 Å². The number of hydrogen-bond donors (Lipinski definition) is 5. The van der Waals surface area contributed by atoms with Crippen LogP contribution in [0, 0.1) is 6.92 Å². The molecule has 2 rings (SSSR count). The van der Waals surface area contributed by atoms with Gasteiger partial charge in [0.2, 0.25) is 5.91 Å². The van der Waals surface area contributed by atoms with E-state index in [1.54, 1.807) is 6.92 Å². The first kappa shape index (κ1) is 16.9. The third kappa shape index (κ3) is 3.83. The van der Waals surface area contributed by atoms with Crippen LogP contribution in [0.3, 0.4) is 0 Å². The third-order valence-electron chi connectivity index (χ3n) is 3.23. The number of phenolic OH excluding ortho intramolecular Hbond substituents is 3. The van der Waals surface area contributed by atoms with E-state index in [0.717, 1.165) is 12.1 Å². The van der Waals surface area contributed by atoms with Gasteiger partial charge in [0.25, 0.3) is 0 Å². The second kappa shape index (κ2) is 6.74. The summed E-state index contributed by atoms with van der Waals surface area (Å²) in [6.45, 7) is 1.56. The van der Waals surface area contributed by atoms with E-state index in [4.69, 9.17) is 5.11 Å². The molecule has 0 aliphatic rings. The molecule has 5 N–H and O–H groups in total. The van der Waals surface area contributed by atoms with Crippen LogP contribution >= 0.6 is 0 Å². The standard InChI is InChI=1S/C17H15NO6/c1-9-6-11(19)8-12(17(23)24)16(9)18-15(22)5-3-10-2-4-13(20)14(21)7-10/h2-8,19-21H,1H3,(H,18,22)(H,23,24)/b5-3+. The Morgan fingerprint density at radius 1 is 1.04 bits per heavy atom. The summed E-state index contributed by atoms with van der Waals surface area (Å²) in [5, 5.41) is 39.7. The molecule has 0 saturated carbocycles. The maximum atomic E-state index is 12.0. The van der Waals surface area contributed by atoms with E-state index in [1.807, 2.05) is 0 Å². The highest BCUT2D eigenvalue weighted by atomic mass is 16.4. The fourth-order valence-corrected chi connectivity index (χ4v) is 2.08. The Kier molecular flexibility index (Phi) is 4.74. The molecule has 0 saturated heterocycles. The van der Waals surface area contributed by atoms with Crippen LogP contribution in [0.5, 0.6) is 17.2 Å². The monoisotopic (exact) mass is 329 g/mol. The first-order valence-electron chi connectivity index (χ1n) is 6.86. The fourth-order valence-electron chi connectivity index (χ4n) is 2.08. The van der Waals surface area contributed by atoms with Crippen LogP contribution in [0.15, 0.2) is 36.4 Å². The van der Waals surface area contributed by atoms with Crippen molar-refractivity contribution in [1.29, 1.82) is 0 Å². The third-order valence-corrected chi connectivity index (χ3v) is 3.23. The first-order valence-corrected chi connectivity index (χ1v) is 6.86. The number of aromatic carboxylic acids is 1. The van der Waals surface area contributed by atoms with E-state index in [2.05, 4.69) is 5.32 Å². The number of phenols is 3. The minimum Gasteiger partial charge on any atom is -0.508 e. The summed E-state index contributed by atoms with van der Waals surface area (Å²) >= 11 is 0. The Balaban J connectivity index is 2.22. The van der Waals surface area contributed by atoms with Crippen LogP contribution < -0.4 is 5.32 Å². The molecule has 2 aromatic rings. The van der Waals surface area contributed by atoms with Gasteiger partial charge in [0.05, 0.1) is 11.3 Å². The van der Waals surface area contributed by atoms with Gasteiger partial charge in [-0.15, -0.1) is 0 Å². The van der Waals surface area contributed by atoms with Gasteiger partial charge in [0.15, 0.2) is 11.5 Å². The molecular formula is C17H15NO6. The van der Waals surface area contributed by atoms with Gasteiger partial charge in [-0.1, -0.05) is 6.07 Å². The summed E-state index contributed by atoms with van der Waals surface area (Å²) in [4.78, 5) is 23.2. The van der Waals surface area contributed by atoms with Crippen LogP contribution in [0.4, 0.5) is 5.69 Å². The van der Waals surface area contributed by atoms with Crippen molar-refractivity contribution in [3.8, 4) is 17.2 Å². The van der Waals surface area contributed by atoms with Gasteiger partial charge < -0.3 is 25.7 Å². The lowest BCUT2D eigenvalue weighted by molar-refractivity contribution is -0.111. The Bertz CT molecular complexity index is 841. The smallest absolute Gasteiger partial charge is 0.337 e. The predicted octanol–water partition coefficient (Wildman–Crippen LogP) is 2.46. The van der Waals surface area contributed by atoms with Crippen LogP contribution in [0.1, 0.15) is 21.5 Å². The van der Waals surface area contributed by atoms with Crippen molar-refractivity contribution in [3.05, 3.63) is 53.1 Å². The molecule has 0 aromatic heterocycles. The van der Waals surface area contributed by atoms with Gasteiger partial charge in [-0.2, -0.15) is 0 Å². The van der Waals surface area contributed by atoms with Crippen molar-refractivity contribution in [2.75, 3.05) is 5.32 Å². The number of benzene rings is 2. The Hall–Kier alpha value is -3.48. The Morgan fingerprint density at radius 3 is 2.38 bits per heavy atom. The maximum absolute atomic E-state index is 12.0. The number of nitrogens with one attached hydrogen (secondary N) is 1. The summed E-state index contributed by atoms with van der Waals surface area (Å²) in [7, 11) is 0. The number of carboxylic acids is 1. The van der Waals surface area contributed by atoms with Gasteiger partial charge in [-0.25, -0.2) is 4.79 Å². The van der Waals surface area contributed by atoms with Crippen molar-refractivity contribution in [3.63, 3.8) is 0 Å². The first-order chi connectivity index (χ1) is 11.3. The highest BCUT2D eigenvalue weighted by molar-refractivity contribution is 6.07. The molecule has 0 radical (unpaired) electrons. The lowest BCUT2D eigenvalue weighted by Gasteiger charge is -2.11. The minimum absolute atomic E-state index is 0.0866. The number of carbonyl (C=O) groups excluding carboxylic acids is 1. The number of anilines is 1. The molecule has 0 unspecified atom stereocenters. The molecule has 0 atom stereocenters. The molecule has 1 amide bonds. The molecule has 0 fully saturated rings. The topological polar surface area (TPSA) is 127 Å². The van der Waals surface area contributed by atoms with Gasteiger partial charge >= 0.3 is 5.97 Å². The molecule has 7 nitrogen and oxygen atoms in total. The van der Waals surface area contributed by atoms with E-state index in [0.29, 0.717) is 11.1 Å². The van der Waals surface area contributed by atoms with Crippen molar-refractivity contribution in [1.82, 2.24) is 0 Å². The van der Waals surface area contributed by atoms with Gasteiger partial charge in [-0.3, -0.25) is 4.79 Å². The molecule has 124 valence electrons. The predicted molar refractivity (Wildman–Crippen MR) is 87.2 cm³/mol. The summed E-state index contributed by atoms with van der Waals surface area (Å²) < 4.78 is 0. The Morgan fingerprint density at radius 2 is 1.75 bits per heavy atom. The average molecular weight is 329 g/mol. The van der Waals surface area contributed by atoms with Crippen LogP contribution in [0.25, 0.3) is 6.08 Å². The van der Waals surface area contributed by atoms with Crippen LogP contribution in [-0.2, 0) is 4.79 Å². The van der Waals surface area contributed by atoms with Crippen LogP contribution in [0.2, 0.25) is 0 Å². The Labute approximate surface area is 137 Å². The quantitative estimate of drug-likeness (QED) is 0.333. The largest absolute Gasteiger partial charge is 0.508 e. The fraction of sp³-hybridized carbons (Fsp3) is 0.0588. The summed E-state index contributed by atoms with van der Waals surface area (Å²) in [6, 6.07) is 6.43. The summed E-state index contributed by atoms with van der Waals surface area (Å²) in [6.07, 6.45) is 2.55. The molecule has 0 heterocycles. The molecule has 0 aliphatic carbocycles. The molecular weight excluding hydrogens is 314 g/mol. The molecule has 2 aromatic carbocycles. The number of rotatable bonds is 4. The zero-order valence-corrected chi connectivity index (χ0v) is 12.6. The second-order valence-corrected chi connectivity index (χ2v) is 5.06. The highest BCUT2D eigenvalue weighted by Gasteiger charge is 2.15. The summed E-state index contributed by atoms with van der Waals surface area (Å²) in [5.41, 5.74) is 0.734. The number of hydrogen-bond acceptors (Lipinski definition) is 5. The van der Waals surface area contributed by atoms with Gasteiger partial charge in [-0.05, 0) is 48.4 Å². The highest BCUT2D eigenvalue weighted by Crippen LogP contribution is 2.27. The molecule has 7 heteroatoms. The van der Waals surface area contributed by atoms with Crippen LogP contribution in [-0.4, -0.2) is 32.3 Å². The number of aromatic hydroxyl groups is 3. The molecule has 0 spiro atoms. The van der Waals surface area contributed by atoms with E-state index in [-0.39, 0.29) is 28.5 Å². The molecule has 24 heavy (non-hydrogen) atoms. The molecule has 0 aliphatic heterocycles. The van der Waals surface area contributed by atoms with E-state index < -0.39 is 11.9 Å². The number of carbonyl (C=O) groups is 2. The van der Waals surface area contributed by atoms with Crippen molar-refractivity contribution >= 4 is 23.6 Å². The average Bonchev–Trinajstić information content (AvgIpc) is 2.50. The zero-order chi connectivity index (χ0) is 17.9.